The Morgan fingerprint density at radius 3 is 2.31 bits per heavy atom. The second-order valence-corrected chi connectivity index (χ2v) is 8.59. The van der Waals surface area contributed by atoms with Gasteiger partial charge in [-0.25, -0.2) is 8.42 Å². The number of carbonyl (C=O) groups excluding carboxylic acids is 2. The second-order valence-electron chi connectivity index (χ2n) is 6.44. The Hall–Kier alpha value is -2.68. The van der Waals surface area contributed by atoms with Crippen LogP contribution in [0, 0.1) is 0 Å². The minimum absolute atomic E-state index is 0.146. The molecule has 2 atom stereocenters. The first-order valence-corrected chi connectivity index (χ1v) is 10.0. The van der Waals surface area contributed by atoms with E-state index in [0.717, 1.165) is 0 Å². The standard InChI is InChI=1S/C17H17N3O5S/c21-16(12-4-8-25-9-12)19-6-7-20(15-11-26(23,24)10-14(15)19)17(22)13-3-1-2-5-18-13/h1-5,8-9,14-15H,6-7,10-11H2/t14-,15+/m1/s1. The van der Waals surface area contributed by atoms with E-state index in [1.54, 1.807) is 29.2 Å². The number of nitrogens with zero attached hydrogens (tertiary/aromatic N) is 3. The van der Waals surface area contributed by atoms with E-state index in [1.807, 2.05) is 0 Å². The molecule has 26 heavy (non-hydrogen) atoms. The van der Waals surface area contributed by atoms with Crippen molar-refractivity contribution in [3.8, 4) is 0 Å². The summed E-state index contributed by atoms with van der Waals surface area (Å²) in [4.78, 5) is 32.7. The molecule has 0 radical (unpaired) electrons. The highest BCUT2D eigenvalue weighted by Crippen LogP contribution is 2.29. The van der Waals surface area contributed by atoms with Gasteiger partial charge in [0.2, 0.25) is 0 Å². The van der Waals surface area contributed by atoms with Crippen molar-refractivity contribution in [1.82, 2.24) is 14.8 Å². The summed E-state index contributed by atoms with van der Waals surface area (Å²) in [6.07, 6.45) is 4.26. The molecule has 0 spiro atoms. The first-order chi connectivity index (χ1) is 12.5. The Balaban J connectivity index is 1.64. The number of fused-ring (bicyclic) bond motifs is 1. The lowest BCUT2D eigenvalue weighted by Gasteiger charge is -2.43. The Kier molecular flexibility index (Phi) is 4.03. The number of pyridine rings is 1. The third-order valence-electron chi connectivity index (χ3n) is 4.85. The van der Waals surface area contributed by atoms with Crippen LogP contribution in [-0.4, -0.2) is 71.7 Å². The number of amides is 2. The molecule has 2 amide bonds. The minimum Gasteiger partial charge on any atom is -0.472 e. The number of aromatic nitrogens is 1. The molecule has 0 bridgehead atoms. The van der Waals surface area contributed by atoms with Gasteiger partial charge in [-0.2, -0.15) is 0 Å². The molecule has 0 N–H and O–H groups in total. The van der Waals surface area contributed by atoms with Gasteiger partial charge in [0.05, 0.1) is 35.4 Å². The van der Waals surface area contributed by atoms with Crippen LogP contribution in [0.1, 0.15) is 20.8 Å². The molecule has 2 aromatic heterocycles. The Bertz CT molecular complexity index is 927. The van der Waals surface area contributed by atoms with Gasteiger partial charge in [0.1, 0.15) is 12.0 Å². The highest BCUT2D eigenvalue weighted by Gasteiger charge is 2.49. The molecule has 4 heterocycles. The Morgan fingerprint density at radius 1 is 1.04 bits per heavy atom. The van der Waals surface area contributed by atoms with Gasteiger partial charge in [0, 0.05) is 19.3 Å². The van der Waals surface area contributed by atoms with Gasteiger partial charge in [-0.1, -0.05) is 6.07 Å². The number of hydrogen-bond donors (Lipinski definition) is 0. The number of furan rings is 1. The van der Waals surface area contributed by atoms with E-state index in [2.05, 4.69) is 4.98 Å². The third kappa shape index (κ3) is 2.88. The van der Waals surface area contributed by atoms with Crippen LogP contribution < -0.4 is 0 Å². The van der Waals surface area contributed by atoms with Crippen molar-refractivity contribution in [2.24, 2.45) is 0 Å². The van der Waals surface area contributed by atoms with Crippen LogP contribution in [0.5, 0.6) is 0 Å². The zero-order chi connectivity index (χ0) is 18.3. The largest absolute Gasteiger partial charge is 0.472 e. The van der Waals surface area contributed by atoms with Gasteiger partial charge >= 0.3 is 0 Å². The molecular formula is C17H17N3O5S. The predicted molar refractivity (Wildman–Crippen MR) is 91.2 cm³/mol. The van der Waals surface area contributed by atoms with Gasteiger partial charge in [0.15, 0.2) is 9.84 Å². The van der Waals surface area contributed by atoms with Crippen LogP contribution in [0.3, 0.4) is 0 Å². The summed E-state index contributed by atoms with van der Waals surface area (Å²) in [5, 5.41) is 0. The summed E-state index contributed by atoms with van der Waals surface area (Å²) in [5.41, 5.74) is 0.641. The summed E-state index contributed by atoms with van der Waals surface area (Å²) in [6, 6.07) is 5.43. The molecular weight excluding hydrogens is 358 g/mol. The molecule has 9 heteroatoms. The molecule has 2 saturated heterocycles. The van der Waals surface area contributed by atoms with Crippen molar-refractivity contribution in [3.63, 3.8) is 0 Å². The Morgan fingerprint density at radius 2 is 1.73 bits per heavy atom. The lowest BCUT2D eigenvalue weighted by atomic mass is 10.0. The highest BCUT2D eigenvalue weighted by atomic mass is 32.2. The first kappa shape index (κ1) is 16.8. The van der Waals surface area contributed by atoms with Crippen LogP contribution in [-0.2, 0) is 9.84 Å². The SMILES string of the molecule is O=C(c1ccoc1)N1CCN(C(=O)c2ccccn2)[C@H]2CS(=O)(=O)C[C@H]21. The second kappa shape index (κ2) is 6.24. The van der Waals surface area contributed by atoms with Crippen molar-refractivity contribution in [2.45, 2.75) is 12.1 Å². The van der Waals surface area contributed by atoms with Crippen LogP contribution in [0.4, 0.5) is 0 Å². The van der Waals surface area contributed by atoms with Crippen LogP contribution >= 0.6 is 0 Å². The van der Waals surface area contributed by atoms with E-state index in [9.17, 15) is 18.0 Å². The predicted octanol–water partition coefficient (Wildman–Crippen LogP) is 0.438. The third-order valence-corrected chi connectivity index (χ3v) is 6.55. The molecule has 0 aromatic carbocycles. The molecule has 0 aliphatic carbocycles. The average molecular weight is 375 g/mol. The summed E-state index contributed by atoms with van der Waals surface area (Å²) < 4.78 is 29.4. The molecule has 4 rings (SSSR count). The van der Waals surface area contributed by atoms with Crippen LogP contribution in [0.2, 0.25) is 0 Å². The summed E-state index contributed by atoms with van der Waals surface area (Å²) in [5.74, 6) is -0.887. The molecule has 2 aliphatic heterocycles. The average Bonchev–Trinajstić information content (AvgIpc) is 3.27. The van der Waals surface area contributed by atoms with Crippen molar-refractivity contribution in [2.75, 3.05) is 24.6 Å². The topological polar surface area (TPSA) is 101 Å². The summed E-state index contributed by atoms with van der Waals surface area (Å²) in [6.45, 7) is 0.523. The van der Waals surface area contributed by atoms with E-state index in [1.165, 1.54) is 23.6 Å². The smallest absolute Gasteiger partial charge is 0.272 e. The fraction of sp³-hybridized carbons (Fsp3) is 0.353. The first-order valence-electron chi connectivity index (χ1n) is 8.22. The number of hydrogen-bond acceptors (Lipinski definition) is 6. The fourth-order valence-corrected chi connectivity index (χ4v) is 5.63. The molecule has 2 aromatic rings. The Labute approximate surface area is 150 Å². The number of piperazine rings is 1. The van der Waals surface area contributed by atoms with Gasteiger partial charge in [-0.05, 0) is 18.2 Å². The quantitative estimate of drug-likeness (QED) is 0.755. The lowest BCUT2D eigenvalue weighted by Crippen LogP contribution is -2.62. The van der Waals surface area contributed by atoms with Gasteiger partial charge in [-0.3, -0.25) is 14.6 Å². The van der Waals surface area contributed by atoms with Gasteiger partial charge in [-0.15, -0.1) is 0 Å². The maximum Gasteiger partial charge on any atom is 0.272 e. The normalized spacial score (nSPS) is 24.3. The van der Waals surface area contributed by atoms with E-state index < -0.39 is 21.9 Å². The maximum absolute atomic E-state index is 12.8. The zero-order valence-corrected chi connectivity index (χ0v) is 14.6. The maximum atomic E-state index is 12.8. The monoisotopic (exact) mass is 375 g/mol. The van der Waals surface area contributed by atoms with Crippen molar-refractivity contribution < 1.29 is 22.4 Å². The lowest BCUT2D eigenvalue weighted by molar-refractivity contribution is 0.0277. The number of sulfone groups is 1. The van der Waals surface area contributed by atoms with Gasteiger partial charge < -0.3 is 14.2 Å². The molecule has 2 aliphatic rings. The molecule has 8 nitrogen and oxygen atoms in total. The zero-order valence-electron chi connectivity index (χ0n) is 13.8. The van der Waals surface area contributed by atoms with Crippen molar-refractivity contribution in [1.29, 1.82) is 0 Å². The molecule has 0 saturated carbocycles. The molecule has 2 fully saturated rings. The van der Waals surface area contributed by atoms with Gasteiger partial charge in [0.25, 0.3) is 11.8 Å². The highest BCUT2D eigenvalue weighted by molar-refractivity contribution is 7.91. The number of carbonyl (C=O) groups is 2. The molecule has 0 unspecified atom stereocenters. The van der Waals surface area contributed by atoms with E-state index in [0.29, 0.717) is 5.56 Å². The summed E-state index contributed by atoms with van der Waals surface area (Å²) >= 11 is 0. The van der Waals surface area contributed by atoms with Crippen molar-refractivity contribution in [3.05, 3.63) is 54.2 Å². The fourth-order valence-electron chi connectivity index (χ4n) is 3.65. The minimum atomic E-state index is -3.34. The van der Waals surface area contributed by atoms with E-state index >= 15 is 0 Å². The van der Waals surface area contributed by atoms with Crippen molar-refractivity contribution >= 4 is 21.7 Å². The van der Waals surface area contributed by atoms with Crippen LogP contribution in [0.15, 0.2) is 47.4 Å². The summed E-state index contributed by atoms with van der Waals surface area (Å²) in [7, 11) is -3.34. The van der Waals surface area contributed by atoms with E-state index in [4.69, 9.17) is 4.42 Å². The molecule has 136 valence electrons. The number of rotatable bonds is 2. The van der Waals surface area contributed by atoms with Crippen LogP contribution in [0.25, 0.3) is 0 Å². The van der Waals surface area contributed by atoms with E-state index in [-0.39, 0.29) is 42.1 Å².